The highest BCUT2D eigenvalue weighted by atomic mass is 35.5. The maximum Gasteiger partial charge on any atom is 0.244 e. The first-order chi connectivity index (χ1) is 14.8. The molecular weight excluding hydrogens is 438 g/mol. The van der Waals surface area contributed by atoms with Crippen LogP contribution >= 0.6 is 11.6 Å². The molecule has 4 rings (SSSR count). The molecule has 2 heterocycles. The van der Waals surface area contributed by atoms with Crippen LogP contribution in [0.2, 0.25) is 5.02 Å². The third-order valence-corrected chi connectivity index (χ3v) is 7.52. The Morgan fingerprint density at radius 1 is 1.16 bits per heavy atom. The van der Waals surface area contributed by atoms with E-state index in [1.807, 2.05) is 30.3 Å². The van der Waals surface area contributed by atoms with E-state index in [1.165, 1.54) is 16.4 Å². The van der Waals surface area contributed by atoms with E-state index in [2.05, 4.69) is 10.3 Å². The van der Waals surface area contributed by atoms with Gasteiger partial charge in [-0.2, -0.15) is 4.31 Å². The van der Waals surface area contributed by atoms with Crippen LogP contribution in [0.15, 0.2) is 57.8 Å². The summed E-state index contributed by atoms with van der Waals surface area (Å²) >= 11 is 6.17. The van der Waals surface area contributed by atoms with E-state index in [0.29, 0.717) is 36.1 Å². The molecule has 0 bridgehead atoms. The zero-order chi connectivity index (χ0) is 22.0. The molecule has 1 N–H and O–H groups in total. The fraction of sp³-hybridized carbons (Fsp3) is 0.273. The summed E-state index contributed by atoms with van der Waals surface area (Å²) in [6.45, 7) is 2.71. The second-order valence-electron chi connectivity index (χ2n) is 7.37. The molecule has 0 aliphatic carbocycles. The molecule has 2 aromatic carbocycles. The minimum atomic E-state index is -3.70. The number of carbonyl (C=O) groups is 1. The summed E-state index contributed by atoms with van der Waals surface area (Å²) in [5.74, 6) is 0.677. The Balaban J connectivity index is 1.50. The second kappa shape index (κ2) is 8.82. The van der Waals surface area contributed by atoms with Crippen molar-refractivity contribution in [3.05, 3.63) is 65.0 Å². The van der Waals surface area contributed by atoms with E-state index >= 15 is 0 Å². The predicted octanol–water partition coefficient (Wildman–Crippen LogP) is 4.27. The number of nitrogens with one attached hydrogen (secondary N) is 1. The summed E-state index contributed by atoms with van der Waals surface area (Å²) in [6, 6.07) is 13.9. The van der Waals surface area contributed by atoms with Crippen molar-refractivity contribution in [1.29, 1.82) is 0 Å². The Hall–Kier alpha value is -2.68. The number of hydrogen-bond donors (Lipinski definition) is 1. The van der Waals surface area contributed by atoms with Crippen molar-refractivity contribution >= 4 is 33.2 Å². The molecule has 0 atom stereocenters. The lowest BCUT2D eigenvalue weighted by Crippen LogP contribution is -2.28. The SMILES string of the molecule is Cc1oc(-c2ccccc2)nc1CC(=O)Nc1ccc(Cl)c(S(=O)(=O)N2CCCC2)c1. The van der Waals surface area contributed by atoms with Crippen molar-refractivity contribution in [2.45, 2.75) is 31.1 Å². The molecule has 1 fully saturated rings. The third kappa shape index (κ3) is 4.66. The van der Waals surface area contributed by atoms with Crippen LogP contribution in [0.1, 0.15) is 24.3 Å². The van der Waals surface area contributed by atoms with Gasteiger partial charge >= 0.3 is 0 Å². The molecule has 0 spiro atoms. The summed E-state index contributed by atoms with van der Waals surface area (Å²) in [5, 5.41) is 2.86. The van der Waals surface area contributed by atoms with Crippen molar-refractivity contribution in [1.82, 2.24) is 9.29 Å². The smallest absolute Gasteiger partial charge is 0.244 e. The summed E-state index contributed by atoms with van der Waals surface area (Å²) in [6.07, 6.45) is 1.66. The number of carbonyl (C=O) groups excluding carboxylic acids is 1. The van der Waals surface area contributed by atoms with E-state index in [1.54, 1.807) is 13.0 Å². The van der Waals surface area contributed by atoms with E-state index in [4.69, 9.17) is 16.0 Å². The van der Waals surface area contributed by atoms with Gasteiger partial charge in [-0.05, 0) is 50.1 Å². The van der Waals surface area contributed by atoms with Crippen molar-refractivity contribution in [2.24, 2.45) is 0 Å². The van der Waals surface area contributed by atoms with Crippen LogP contribution in [0.5, 0.6) is 0 Å². The molecular formula is C22H22ClN3O4S. The number of hydrogen-bond acceptors (Lipinski definition) is 5. The average molecular weight is 460 g/mol. The zero-order valence-corrected chi connectivity index (χ0v) is 18.5. The monoisotopic (exact) mass is 459 g/mol. The van der Waals surface area contributed by atoms with Gasteiger partial charge in [0, 0.05) is 24.3 Å². The van der Waals surface area contributed by atoms with Gasteiger partial charge in [0.2, 0.25) is 21.8 Å². The molecule has 3 aromatic rings. The highest BCUT2D eigenvalue weighted by Gasteiger charge is 2.29. The number of rotatable bonds is 6. The standard InChI is InChI=1S/C22H22ClN3O4S/c1-15-19(25-22(30-15)16-7-3-2-4-8-16)14-21(27)24-17-9-10-18(23)20(13-17)31(28,29)26-11-5-6-12-26/h2-4,7-10,13H,5-6,11-12,14H2,1H3,(H,24,27). The maximum absolute atomic E-state index is 12.9. The minimum Gasteiger partial charge on any atom is -0.441 e. The van der Waals surface area contributed by atoms with Crippen molar-refractivity contribution in [2.75, 3.05) is 18.4 Å². The summed E-state index contributed by atoms with van der Waals surface area (Å²) in [7, 11) is -3.70. The number of aromatic nitrogens is 1. The van der Waals surface area contributed by atoms with Gasteiger partial charge in [0.1, 0.15) is 10.7 Å². The minimum absolute atomic E-state index is 0.000990. The van der Waals surface area contributed by atoms with Crippen molar-refractivity contribution in [3.8, 4) is 11.5 Å². The fourth-order valence-corrected chi connectivity index (χ4v) is 5.52. The number of amides is 1. The molecule has 7 nitrogen and oxygen atoms in total. The fourth-order valence-electron chi connectivity index (χ4n) is 3.50. The van der Waals surface area contributed by atoms with Crippen LogP contribution in [-0.4, -0.2) is 36.7 Å². The zero-order valence-electron chi connectivity index (χ0n) is 17.0. The number of oxazole rings is 1. The molecule has 0 saturated carbocycles. The topological polar surface area (TPSA) is 92.5 Å². The Kier molecular flexibility index (Phi) is 6.13. The van der Waals surface area contributed by atoms with Gasteiger partial charge in [0.05, 0.1) is 17.1 Å². The first-order valence-corrected chi connectivity index (χ1v) is 11.8. The molecule has 1 amide bonds. The first kappa shape index (κ1) is 21.5. The summed E-state index contributed by atoms with van der Waals surface area (Å²) in [5.41, 5.74) is 1.71. The van der Waals surface area contributed by atoms with Crippen molar-refractivity contribution in [3.63, 3.8) is 0 Å². The largest absolute Gasteiger partial charge is 0.441 e. The molecule has 1 aliphatic heterocycles. The predicted molar refractivity (Wildman–Crippen MR) is 118 cm³/mol. The van der Waals surface area contributed by atoms with Crippen LogP contribution in [0.25, 0.3) is 11.5 Å². The normalized spacial score (nSPS) is 14.6. The number of halogens is 1. The number of anilines is 1. The highest BCUT2D eigenvalue weighted by Crippen LogP contribution is 2.30. The molecule has 0 unspecified atom stereocenters. The van der Waals surface area contributed by atoms with Crippen LogP contribution in [0.3, 0.4) is 0 Å². The second-order valence-corrected chi connectivity index (χ2v) is 9.68. The molecule has 162 valence electrons. The Morgan fingerprint density at radius 2 is 1.87 bits per heavy atom. The lowest BCUT2D eigenvalue weighted by Gasteiger charge is -2.17. The molecule has 1 aliphatic rings. The molecule has 1 aromatic heterocycles. The van der Waals surface area contributed by atoms with Crippen LogP contribution < -0.4 is 5.32 Å². The number of aryl methyl sites for hydroxylation is 1. The van der Waals surface area contributed by atoms with Gasteiger partial charge in [-0.3, -0.25) is 4.79 Å². The van der Waals surface area contributed by atoms with E-state index in [-0.39, 0.29) is 22.2 Å². The van der Waals surface area contributed by atoms with Gasteiger partial charge in [0.25, 0.3) is 0 Å². The van der Waals surface area contributed by atoms with Gasteiger partial charge in [-0.15, -0.1) is 0 Å². The van der Waals surface area contributed by atoms with Crippen LogP contribution in [0.4, 0.5) is 5.69 Å². The summed E-state index contributed by atoms with van der Waals surface area (Å²) < 4.78 is 32.9. The van der Waals surface area contributed by atoms with E-state index < -0.39 is 10.0 Å². The lowest BCUT2D eigenvalue weighted by atomic mass is 10.2. The van der Waals surface area contributed by atoms with Crippen LogP contribution in [-0.2, 0) is 21.2 Å². The molecule has 31 heavy (non-hydrogen) atoms. The van der Waals surface area contributed by atoms with Gasteiger partial charge in [-0.25, -0.2) is 13.4 Å². The average Bonchev–Trinajstić information content (AvgIpc) is 3.41. The number of benzene rings is 2. The Morgan fingerprint density at radius 3 is 2.58 bits per heavy atom. The maximum atomic E-state index is 12.9. The van der Waals surface area contributed by atoms with Gasteiger partial charge in [-0.1, -0.05) is 29.8 Å². The van der Waals surface area contributed by atoms with E-state index in [0.717, 1.165) is 18.4 Å². The quantitative estimate of drug-likeness (QED) is 0.594. The lowest BCUT2D eigenvalue weighted by molar-refractivity contribution is -0.115. The molecule has 9 heteroatoms. The Bertz CT molecular complexity index is 1200. The van der Waals surface area contributed by atoms with Crippen LogP contribution in [0, 0.1) is 6.92 Å². The summed E-state index contributed by atoms with van der Waals surface area (Å²) in [4.78, 5) is 17.0. The molecule has 0 radical (unpaired) electrons. The van der Waals surface area contributed by atoms with Crippen molar-refractivity contribution < 1.29 is 17.6 Å². The third-order valence-electron chi connectivity index (χ3n) is 5.14. The first-order valence-electron chi connectivity index (χ1n) is 9.96. The Labute approximate surface area is 186 Å². The highest BCUT2D eigenvalue weighted by molar-refractivity contribution is 7.89. The number of sulfonamides is 1. The van der Waals surface area contributed by atoms with Gasteiger partial charge < -0.3 is 9.73 Å². The number of nitrogens with zero attached hydrogens (tertiary/aromatic N) is 2. The molecule has 1 saturated heterocycles. The van der Waals surface area contributed by atoms with E-state index in [9.17, 15) is 13.2 Å². The van der Waals surface area contributed by atoms with Gasteiger partial charge in [0.15, 0.2) is 0 Å².